The Balaban J connectivity index is 2.07. The van der Waals surface area contributed by atoms with Gasteiger partial charge in [0.2, 0.25) is 5.91 Å². The highest BCUT2D eigenvalue weighted by Crippen LogP contribution is 2.20. The predicted octanol–water partition coefficient (Wildman–Crippen LogP) is 1.23. The van der Waals surface area contributed by atoms with Crippen molar-refractivity contribution in [1.29, 1.82) is 0 Å². The van der Waals surface area contributed by atoms with Gasteiger partial charge in [0.15, 0.2) is 0 Å². The zero-order valence-electron chi connectivity index (χ0n) is 11.5. The maximum Gasteiger partial charge on any atom is 0.328 e. The lowest BCUT2D eigenvalue weighted by atomic mass is 10.1. The molecule has 1 aliphatic rings. The van der Waals surface area contributed by atoms with Crippen molar-refractivity contribution in [1.82, 2.24) is 4.90 Å². The van der Waals surface area contributed by atoms with Crippen molar-refractivity contribution in [2.75, 3.05) is 13.1 Å². The molecule has 0 saturated carbocycles. The SMILES string of the molecule is NC(=O)C1CCN(Cc2cc(F)cc(/C=C/C(=O)O)c2)C1. The highest BCUT2D eigenvalue weighted by molar-refractivity contribution is 5.85. The smallest absolute Gasteiger partial charge is 0.328 e. The Bertz CT molecular complexity index is 586. The first-order valence-corrected chi connectivity index (χ1v) is 6.66. The normalized spacial score (nSPS) is 19.2. The fourth-order valence-electron chi connectivity index (χ4n) is 2.50. The van der Waals surface area contributed by atoms with Crippen LogP contribution in [0.4, 0.5) is 4.39 Å². The van der Waals surface area contributed by atoms with E-state index < -0.39 is 11.8 Å². The predicted molar refractivity (Wildman–Crippen MR) is 75.6 cm³/mol. The molecule has 0 radical (unpaired) electrons. The number of carbonyl (C=O) groups excluding carboxylic acids is 1. The summed E-state index contributed by atoms with van der Waals surface area (Å²) in [6, 6.07) is 4.43. The molecular weight excluding hydrogens is 275 g/mol. The second kappa shape index (κ2) is 6.49. The minimum absolute atomic E-state index is 0.148. The minimum Gasteiger partial charge on any atom is -0.478 e. The molecule has 21 heavy (non-hydrogen) atoms. The first-order valence-electron chi connectivity index (χ1n) is 6.66. The Hall–Kier alpha value is -2.21. The van der Waals surface area contributed by atoms with Gasteiger partial charge in [-0.05, 0) is 42.3 Å². The number of hydrogen-bond acceptors (Lipinski definition) is 3. The molecule has 0 spiro atoms. The van der Waals surface area contributed by atoms with Crippen molar-refractivity contribution in [2.24, 2.45) is 11.7 Å². The third-order valence-corrected chi connectivity index (χ3v) is 3.48. The number of carboxylic acids is 1. The Morgan fingerprint density at radius 1 is 1.43 bits per heavy atom. The monoisotopic (exact) mass is 292 g/mol. The van der Waals surface area contributed by atoms with E-state index in [1.54, 1.807) is 6.07 Å². The summed E-state index contributed by atoms with van der Waals surface area (Å²) in [6.45, 7) is 1.83. The van der Waals surface area contributed by atoms with Crippen molar-refractivity contribution in [3.63, 3.8) is 0 Å². The van der Waals surface area contributed by atoms with E-state index in [2.05, 4.69) is 0 Å². The van der Waals surface area contributed by atoms with Gasteiger partial charge in [0, 0.05) is 19.2 Å². The van der Waals surface area contributed by atoms with E-state index in [1.165, 1.54) is 18.2 Å². The average Bonchev–Trinajstić information content (AvgIpc) is 2.84. The van der Waals surface area contributed by atoms with Gasteiger partial charge in [0.1, 0.15) is 5.82 Å². The third kappa shape index (κ3) is 4.39. The highest BCUT2D eigenvalue weighted by atomic mass is 19.1. The molecule has 112 valence electrons. The van der Waals surface area contributed by atoms with Crippen LogP contribution in [0.2, 0.25) is 0 Å². The highest BCUT2D eigenvalue weighted by Gasteiger charge is 2.26. The summed E-state index contributed by atoms with van der Waals surface area (Å²) in [5, 5.41) is 8.59. The van der Waals surface area contributed by atoms with Crippen LogP contribution >= 0.6 is 0 Å². The van der Waals surface area contributed by atoms with Crippen LogP contribution in [-0.2, 0) is 16.1 Å². The summed E-state index contributed by atoms with van der Waals surface area (Å²) >= 11 is 0. The molecule has 1 heterocycles. The Kier molecular flexibility index (Phi) is 4.70. The first-order chi connectivity index (χ1) is 9.94. The number of hydrogen-bond donors (Lipinski definition) is 2. The van der Waals surface area contributed by atoms with Gasteiger partial charge >= 0.3 is 5.97 Å². The summed E-state index contributed by atoms with van der Waals surface area (Å²) < 4.78 is 13.6. The van der Waals surface area contributed by atoms with Crippen molar-refractivity contribution >= 4 is 18.0 Å². The second-order valence-electron chi connectivity index (χ2n) is 5.19. The fraction of sp³-hybridized carbons (Fsp3) is 0.333. The molecule has 3 N–H and O–H groups in total. The van der Waals surface area contributed by atoms with E-state index in [9.17, 15) is 14.0 Å². The van der Waals surface area contributed by atoms with E-state index in [0.717, 1.165) is 24.6 Å². The zero-order valence-corrected chi connectivity index (χ0v) is 11.5. The number of carboxylic acid groups (broad SMARTS) is 1. The van der Waals surface area contributed by atoms with Crippen molar-refractivity contribution < 1.29 is 19.1 Å². The van der Waals surface area contributed by atoms with E-state index in [0.29, 0.717) is 18.7 Å². The molecule has 1 atom stereocenters. The van der Waals surface area contributed by atoms with Crippen LogP contribution in [0.15, 0.2) is 24.3 Å². The molecule has 0 aromatic heterocycles. The number of aliphatic carboxylic acids is 1. The number of likely N-dealkylation sites (tertiary alicyclic amines) is 1. The number of carbonyl (C=O) groups is 2. The van der Waals surface area contributed by atoms with Crippen LogP contribution in [0, 0.1) is 11.7 Å². The van der Waals surface area contributed by atoms with Crippen LogP contribution in [0.1, 0.15) is 17.5 Å². The summed E-state index contributed by atoms with van der Waals surface area (Å²) in [5.41, 5.74) is 6.52. The van der Waals surface area contributed by atoms with E-state index in [1.807, 2.05) is 4.90 Å². The molecule has 2 rings (SSSR count). The molecule has 1 aromatic rings. The number of benzene rings is 1. The maximum absolute atomic E-state index is 13.6. The second-order valence-corrected chi connectivity index (χ2v) is 5.19. The summed E-state index contributed by atoms with van der Waals surface area (Å²) in [5.74, 6) is -1.94. The molecule has 5 nitrogen and oxygen atoms in total. The molecule has 1 aliphatic heterocycles. The molecule has 0 bridgehead atoms. The Labute approximate surface area is 121 Å². The standard InChI is InChI=1S/C15H17FN2O3/c16-13-6-10(1-2-14(19)20)5-11(7-13)8-18-4-3-12(9-18)15(17)21/h1-2,5-7,12H,3-4,8-9H2,(H2,17,21)(H,19,20)/b2-1+. The zero-order chi connectivity index (χ0) is 15.4. The van der Waals surface area contributed by atoms with Gasteiger partial charge in [-0.2, -0.15) is 0 Å². The number of nitrogens with zero attached hydrogens (tertiary/aromatic N) is 1. The molecule has 1 fully saturated rings. The van der Waals surface area contributed by atoms with E-state index in [-0.39, 0.29) is 11.8 Å². The van der Waals surface area contributed by atoms with E-state index in [4.69, 9.17) is 10.8 Å². The Morgan fingerprint density at radius 2 is 2.19 bits per heavy atom. The molecule has 0 aliphatic carbocycles. The first kappa shape index (κ1) is 15.2. The lowest BCUT2D eigenvalue weighted by molar-refractivity contribution is -0.131. The van der Waals surface area contributed by atoms with Crippen LogP contribution in [-0.4, -0.2) is 35.0 Å². The minimum atomic E-state index is -1.08. The number of rotatable bonds is 5. The van der Waals surface area contributed by atoms with Gasteiger partial charge in [0.25, 0.3) is 0 Å². The molecule has 1 amide bonds. The number of nitrogens with two attached hydrogens (primary N) is 1. The van der Waals surface area contributed by atoms with Crippen molar-refractivity contribution in [3.8, 4) is 0 Å². The third-order valence-electron chi connectivity index (χ3n) is 3.48. The van der Waals surface area contributed by atoms with Gasteiger partial charge in [-0.25, -0.2) is 9.18 Å². The van der Waals surface area contributed by atoms with Crippen molar-refractivity contribution in [3.05, 3.63) is 41.2 Å². The Morgan fingerprint density at radius 3 is 2.81 bits per heavy atom. The summed E-state index contributed by atoms with van der Waals surface area (Å²) in [6.07, 6.45) is 3.04. The molecule has 6 heteroatoms. The van der Waals surface area contributed by atoms with Crippen LogP contribution in [0.25, 0.3) is 6.08 Å². The largest absolute Gasteiger partial charge is 0.478 e. The fourth-order valence-corrected chi connectivity index (χ4v) is 2.50. The maximum atomic E-state index is 13.6. The van der Waals surface area contributed by atoms with Gasteiger partial charge in [-0.15, -0.1) is 0 Å². The molecule has 1 unspecified atom stereocenters. The van der Waals surface area contributed by atoms with E-state index >= 15 is 0 Å². The number of amides is 1. The van der Waals surface area contributed by atoms with Gasteiger partial charge in [-0.1, -0.05) is 6.07 Å². The molecule has 1 aromatic carbocycles. The lowest BCUT2D eigenvalue weighted by Gasteiger charge is -2.15. The van der Waals surface area contributed by atoms with Crippen LogP contribution in [0.3, 0.4) is 0 Å². The lowest BCUT2D eigenvalue weighted by Crippen LogP contribution is -2.27. The quantitative estimate of drug-likeness (QED) is 0.800. The number of primary amides is 1. The topological polar surface area (TPSA) is 83.6 Å². The van der Waals surface area contributed by atoms with Crippen molar-refractivity contribution in [2.45, 2.75) is 13.0 Å². The molecular formula is C15H17FN2O3. The average molecular weight is 292 g/mol. The number of halogens is 1. The van der Waals surface area contributed by atoms with Crippen LogP contribution < -0.4 is 5.73 Å². The molecule has 1 saturated heterocycles. The van der Waals surface area contributed by atoms with Gasteiger partial charge in [-0.3, -0.25) is 9.69 Å². The van der Waals surface area contributed by atoms with Gasteiger partial charge in [0.05, 0.1) is 5.92 Å². The summed E-state index contributed by atoms with van der Waals surface area (Å²) in [4.78, 5) is 23.7. The van der Waals surface area contributed by atoms with Crippen LogP contribution in [0.5, 0.6) is 0 Å². The van der Waals surface area contributed by atoms with Gasteiger partial charge < -0.3 is 10.8 Å². The summed E-state index contributed by atoms with van der Waals surface area (Å²) in [7, 11) is 0.